The Morgan fingerprint density at radius 2 is 1.92 bits per heavy atom. The predicted molar refractivity (Wildman–Crippen MR) is 56.6 cm³/mol. The third-order valence-corrected chi connectivity index (χ3v) is 2.99. The maximum atomic E-state index is 3.16. The van der Waals surface area contributed by atoms with E-state index in [9.17, 15) is 0 Å². The predicted octanol–water partition coefficient (Wildman–Crippen LogP) is 2.78. The highest BCUT2D eigenvalue weighted by Crippen LogP contribution is 2.36. The van der Waals surface area contributed by atoms with Crippen LogP contribution in [0.15, 0.2) is 41.3 Å². The fourth-order valence-electron chi connectivity index (χ4n) is 1.60. The minimum atomic E-state index is 1.20. The normalized spacial score (nSPS) is 14.2. The summed E-state index contributed by atoms with van der Waals surface area (Å²) in [7, 11) is 0. The molecule has 0 bridgehead atoms. The van der Waals surface area contributed by atoms with E-state index in [2.05, 4.69) is 46.7 Å². The molecular formula is C10H8N2S. The summed E-state index contributed by atoms with van der Waals surface area (Å²) in [6.45, 7) is 0. The van der Waals surface area contributed by atoms with Crippen LogP contribution in [0.2, 0.25) is 0 Å². The molecule has 64 valence electrons. The van der Waals surface area contributed by atoms with Crippen LogP contribution in [-0.4, -0.2) is 0 Å². The lowest BCUT2D eigenvalue weighted by Crippen LogP contribution is -2.04. The first-order valence-corrected chi connectivity index (χ1v) is 4.96. The average molecular weight is 188 g/mol. The van der Waals surface area contributed by atoms with Crippen LogP contribution in [0, 0.1) is 0 Å². The van der Waals surface area contributed by atoms with Crippen molar-refractivity contribution in [3.8, 4) is 0 Å². The second-order valence-electron chi connectivity index (χ2n) is 2.99. The number of hydrazine groups is 1. The molecule has 1 aliphatic heterocycles. The van der Waals surface area contributed by atoms with Crippen molar-refractivity contribution in [2.45, 2.75) is 4.90 Å². The van der Waals surface area contributed by atoms with Gasteiger partial charge in [-0.2, -0.15) is 4.83 Å². The minimum Gasteiger partial charge on any atom is -0.310 e. The maximum Gasteiger partial charge on any atom is 0.0724 e. The fourth-order valence-corrected chi connectivity index (χ4v) is 2.26. The molecule has 0 saturated heterocycles. The molecule has 2 aromatic carbocycles. The molecule has 2 N–H and O–H groups in total. The summed E-state index contributed by atoms with van der Waals surface area (Å²) in [5.74, 6) is 0. The van der Waals surface area contributed by atoms with E-state index in [0.29, 0.717) is 0 Å². The highest BCUT2D eigenvalue weighted by molar-refractivity contribution is 7.98. The lowest BCUT2D eigenvalue weighted by molar-refractivity contribution is 1.26. The van der Waals surface area contributed by atoms with Gasteiger partial charge in [-0.25, -0.2) is 0 Å². The molecule has 0 radical (unpaired) electrons. The van der Waals surface area contributed by atoms with E-state index in [0.717, 1.165) is 0 Å². The van der Waals surface area contributed by atoms with E-state index in [1.807, 2.05) is 0 Å². The van der Waals surface area contributed by atoms with E-state index in [-0.39, 0.29) is 0 Å². The Balaban J connectivity index is 2.43. The van der Waals surface area contributed by atoms with Crippen LogP contribution < -0.4 is 10.3 Å². The standard InChI is InChI=1S/C10H8N2S/c1-2-4-8-7(3-1)5-6-9-10(8)11-12-13-9/h1-6,11-12H. The Morgan fingerprint density at radius 1 is 1.00 bits per heavy atom. The summed E-state index contributed by atoms with van der Waals surface area (Å²) >= 11 is 1.62. The number of benzene rings is 2. The maximum absolute atomic E-state index is 3.16. The Labute approximate surface area is 80.4 Å². The van der Waals surface area contributed by atoms with Gasteiger partial charge in [0, 0.05) is 10.3 Å². The second kappa shape index (κ2) is 2.65. The zero-order valence-corrected chi connectivity index (χ0v) is 7.69. The zero-order chi connectivity index (χ0) is 8.67. The molecule has 0 fully saturated rings. The van der Waals surface area contributed by atoms with Crippen molar-refractivity contribution in [3.05, 3.63) is 36.4 Å². The van der Waals surface area contributed by atoms with Crippen molar-refractivity contribution in [2.75, 3.05) is 5.43 Å². The second-order valence-corrected chi connectivity index (χ2v) is 3.84. The number of anilines is 1. The van der Waals surface area contributed by atoms with Gasteiger partial charge in [-0.1, -0.05) is 30.3 Å². The third-order valence-electron chi connectivity index (χ3n) is 2.23. The van der Waals surface area contributed by atoms with Crippen molar-refractivity contribution in [1.29, 1.82) is 0 Å². The molecule has 13 heavy (non-hydrogen) atoms. The smallest absolute Gasteiger partial charge is 0.0724 e. The first-order valence-electron chi connectivity index (χ1n) is 4.15. The Kier molecular flexibility index (Phi) is 1.48. The van der Waals surface area contributed by atoms with Gasteiger partial charge in [-0.05, 0) is 23.4 Å². The van der Waals surface area contributed by atoms with Gasteiger partial charge < -0.3 is 5.43 Å². The van der Waals surface area contributed by atoms with Crippen LogP contribution in [-0.2, 0) is 0 Å². The van der Waals surface area contributed by atoms with Gasteiger partial charge in [0.1, 0.15) is 0 Å². The lowest BCUT2D eigenvalue weighted by atomic mass is 10.1. The summed E-state index contributed by atoms with van der Waals surface area (Å²) in [5, 5.41) is 2.55. The molecule has 2 aromatic rings. The number of rotatable bonds is 0. The largest absolute Gasteiger partial charge is 0.310 e. The van der Waals surface area contributed by atoms with E-state index in [1.165, 1.54) is 21.4 Å². The van der Waals surface area contributed by atoms with Crippen LogP contribution in [0.4, 0.5) is 5.69 Å². The van der Waals surface area contributed by atoms with Crippen molar-refractivity contribution in [1.82, 2.24) is 4.83 Å². The number of nitrogens with one attached hydrogen (secondary N) is 2. The Bertz CT molecular complexity index is 467. The van der Waals surface area contributed by atoms with Crippen LogP contribution in [0.5, 0.6) is 0 Å². The highest BCUT2D eigenvalue weighted by Gasteiger charge is 2.12. The molecule has 1 heterocycles. The summed E-state index contributed by atoms with van der Waals surface area (Å²) in [4.78, 5) is 4.31. The van der Waals surface area contributed by atoms with Gasteiger partial charge in [0.15, 0.2) is 0 Å². The van der Waals surface area contributed by atoms with Crippen LogP contribution >= 0.6 is 11.9 Å². The fraction of sp³-hybridized carbons (Fsp3) is 0. The monoisotopic (exact) mass is 188 g/mol. The molecule has 3 heteroatoms. The number of hydrogen-bond donors (Lipinski definition) is 2. The van der Waals surface area contributed by atoms with Gasteiger partial charge >= 0.3 is 0 Å². The average Bonchev–Trinajstić information content (AvgIpc) is 2.65. The molecule has 0 atom stereocenters. The first-order chi connectivity index (χ1) is 6.45. The molecule has 0 spiro atoms. The lowest BCUT2D eigenvalue weighted by Gasteiger charge is -2.02. The van der Waals surface area contributed by atoms with Crippen LogP contribution in [0.3, 0.4) is 0 Å². The SMILES string of the molecule is c1ccc2c3c(ccc2c1)SNN3. The summed E-state index contributed by atoms with van der Waals surface area (Å²) in [6, 6.07) is 12.7. The van der Waals surface area contributed by atoms with Gasteiger partial charge in [-0.15, -0.1) is 0 Å². The Morgan fingerprint density at radius 3 is 2.92 bits per heavy atom. The molecule has 0 amide bonds. The summed E-state index contributed by atoms with van der Waals surface area (Å²) in [5.41, 5.74) is 4.35. The minimum absolute atomic E-state index is 1.20. The number of fused-ring (bicyclic) bond motifs is 3. The first kappa shape index (κ1) is 7.24. The quantitative estimate of drug-likeness (QED) is 0.622. The van der Waals surface area contributed by atoms with Gasteiger partial charge in [0.2, 0.25) is 0 Å². The van der Waals surface area contributed by atoms with E-state index < -0.39 is 0 Å². The van der Waals surface area contributed by atoms with Gasteiger partial charge in [0.25, 0.3) is 0 Å². The van der Waals surface area contributed by atoms with Gasteiger partial charge in [-0.3, -0.25) is 0 Å². The molecule has 0 saturated carbocycles. The van der Waals surface area contributed by atoms with Gasteiger partial charge in [0.05, 0.1) is 5.69 Å². The van der Waals surface area contributed by atoms with Crippen molar-refractivity contribution in [3.63, 3.8) is 0 Å². The molecule has 1 aliphatic rings. The highest BCUT2D eigenvalue weighted by atomic mass is 32.2. The van der Waals surface area contributed by atoms with Crippen molar-refractivity contribution in [2.24, 2.45) is 0 Å². The van der Waals surface area contributed by atoms with Crippen LogP contribution in [0.1, 0.15) is 0 Å². The van der Waals surface area contributed by atoms with E-state index in [1.54, 1.807) is 11.9 Å². The molecule has 3 rings (SSSR count). The van der Waals surface area contributed by atoms with Crippen molar-refractivity contribution < 1.29 is 0 Å². The topological polar surface area (TPSA) is 24.1 Å². The molecule has 0 unspecified atom stereocenters. The van der Waals surface area contributed by atoms with E-state index >= 15 is 0 Å². The molecular weight excluding hydrogens is 180 g/mol. The summed E-state index contributed by atoms with van der Waals surface area (Å²) in [6.07, 6.45) is 0. The zero-order valence-electron chi connectivity index (χ0n) is 6.87. The molecule has 0 aromatic heterocycles. The van der Waals surface area contributed by atoms with E-state index in [4.69, 9.17) is 0 Å². The van der Waals surface area contributed by atoms with Crippen molar-refractivity contribution >= 4 is 28.4 Å². The summed E-state index contributed by atoms with van der Waals surface area (Å²) < 4.78 is 0. The Hall–Kier alpha value is -1.19. The third kappa shape index (κ3) is 1.01. The molecule has 0 aliphatic carbocycles. The molecule has 2 nitrogen and oxygen atoms in total. The van der Waals surface area contributed by atoms with Crippen LogP contribution in [0.25, 0.3) is 10.8 Å². The number of hydrogen-bond acceptors (Lipinski definition) is 3.